The Morgan fingerprint density at radius 2 is 1.80 bits per heavy atom. The van der Waals surface area contributed by atoms with Crippen LogP contribution in [-0.4, -0.2) is 35.7 Å². The van der Waals surface area contributed by atoms with Gasteiger partial charge in [0.15, 0.2) is 0 Å². The zero-order chi connectivity index (χ0) is 21.1. The number of piperidine rings is 1. The van der Waals surface area contributed by atoms with Gasteiger partial charge in [-0.05, 0) is 41.8 Å². The van der Waals surface area contributed by atoms with E-state index in [9.17, 15) is 14.4 Å². The molecule has 1 fully saturated rings. The quantitative estimate of drug-likeness (QED) is 0.606. The van der Waals surface area contributed by atoms with Crippen LogP contribution in [0.5, 0.6) is 0 Å². The molecule has 2 aromatic rings. The second kappa shape index (κ2) is 8.77. The van der Waals surface area contributed by atoms with Crippen LogP contribution in [-0.2, 0) is 35.8 Å². The van der Waals surface area contributed by atoms with E-state index in [0.717, 1.165) is 24.2 Å². The molecule has 2 aliphatic rings. The molecule has 30 heavy (non-hydrogen) atoms. The largest absolute Gasteiger partial charge is 0.322 e. The number of nitrogens with one attached hydrogen (secondary N) is 3. The SMILES string of the molecule is CNCc1cccc(CNCc2cccc3c2CN(C2CCC(=O)NC2=O)C3=O)c1. The zero-order valence-electron chi connectivity index (χ0n) is 17.0. The second-order valence-electron chi connectivity index (χ2n) is 7.80. The summed E-state index contributed by atoms with van der Waals surface area (Å²) in [6, 6.07) is 13.6. The van der Waals surface area contributed by atoms with Crippen molar-refractivity contribution in [3.8, 4) is 0 Å². The smallest absolute Gasteiger partial charge is 0.255 e. The summed E-state index contributed by atoms with van der Waals surface area (Å²) in [5, 5.41) is 8.97. The summed E-state index contributed by atoms with van der Waals surface area (Å²) in [5.74, 6) is -0.793. The molecule has 2 heterocycles. The van der Waals surface area contributed by atoms with Crippen LogP contribution in [0.3, 0.4) is 0 Å². The fraction of sp³-hybridized carbons (Fsp3) is 0.348. The maximum absolute atomic E-state index is 12.9. The van der Waals surface area contributed by atoms with Gasteiger partial charge in [-0.2, -0.15) is 0 Å². The first-order valence-corrected chi connectivity index (χ1v) is 10.3. The van der Waals surface area contributed by atoms with Gasteiger partial charge in [0.05, 0.1) is 0 Å². The third-order valence-corrected chi connectivity index (χ3v) is 5.70. The van der Waals surface area contributed by atoms with Gasteiger partial charge in [-0.3, -0.25) is 19.7 Å². The minimum Gasteiger partial charge on any atom is -0.322 e. The van der Waals surface area contributed by atoms with Gasteiger partial charge in [-0.1, -0.05) is 36.4 Å². The lowest BCUT2D eigenvalue weighted by atomic mass is 10.0. The van der Waals surface area contributed by atoms with Gasteiger partial charge >= 0.3 is 0 Å². The maximum Gasteiger partial charge on any atom is 0.255 e. The highest BCUT2D eigenvalue weighted by atomic mass is 16.2. The summed E-state index contributed by atoms with van der Waals surface area (Å²) in [6.45, 7) is 2.59. The van der Waals surface area contributed by atoms with Gasteiger partial charge in [-0.15, -0.1) is 0 Å². The van der Waals surface area contributed by atoms with E-state index in [1.807, 2.05) is 25.2 Å². The van der Waals surface area contributed by atoms with E-state index in [0.29, 0.717) is 25.1 Å². The van der Waals surface area contributed by atoms with E-state index in [1.165, 1.54) is 11.1 Å². The van der Waals surface area contributed by atoms with E-state index in [-0.39, 0.29) is 24.1 Å². The van der Waals surface area contributed by atoms with Gasteiger partial charge in [0, 0.05) is 38.2 Å². The van der Waals surface area contributed by atoms with Crippen LogP contribution in [0.4, 0.5) is 0 Å². The Morgan fingerprint density at radius 1 is 1.03 bits per heavy atom. The number of hydrogen-bond acceptors (Lipinski definition) is 5. The monoisotopic (exact) mass is 406 g/mol. The predicted octanol–water partition coefficient (Wildman–Crippen LogP) is 1.46. The number of nitrogens with zero attached hydrogens (tertiary/aromatic N) is 1. The second-order valence-corrected chi connectivity index (χ2v) is 7.80. The fourth-order valence-electron chi connectivity index (χ4n) is 4.21. The Labute approximate surface area is 175 Å². The molecule has 3 amide bonds. The Hall–Kier alpha value is -3.03. The number of benzene rings is 2. The summed E-state index contributed by atoms with van der Waals surface area (Å²) in [7, 11) is 1.93. The van der Waals surface area contributed by atoms with Crippen LogP contribution >= 0.6 is 0 Å². The van der Waals surface area contributed by atoms with Gasteiger partial charge in [0.1, 0.15) is 6.04 Å². The predicted molar refractivity (Wildman–Crippen MR) is 112 cm³/mol. The molecule has 0 spiro atoms. The van der Waals surface area contributed by atoms with E-state index in [2.05, 4.69) is 40.2 Å². The van der Waals surface area contributed by atoms with Crippen molar-refractivity contribution in [1.82, 2.24) is 20.9 Å². The molecule has 0 bridgehead atoms. The number of rotatable bonds is 7. The lowest BCUT2D eigenvalue weighted by Gasteiger charge is -2.29. The lowest BCUT2D eigenvalue weighted by Crippen LogP contribution is -2.52. The first-order valence-electron chi connectivity index (χ1n) is 10.3. The molecule has 2 aromatic carbocycles. The number of carbonyl (C=O) groups excluding carboxylic acids is 3. The first kappa shape index (κ1) is 20.3. The van der Waals surface area contributed by atoms with Crippen molar-refractivity contribution in [2.24, 2.45) is 0 Å². The molecular formula is C23H26N4O3. The molecule has 4 rings (SSSR count). The number of hydrogen-bond donors (Lipinski definition) is 3. The highest BCUT2D eigenvalue weighted by Gasteiger charge is 2.39. The van der Waals surface area contributed by atoms with Crippen molar-refractivity contribution in [2.45, 2.75) is 45.1 Å². The molecule has 2 aliphatic heterocycles. The third kappa shape index (κ3) is 4.13. The third-order valence-electron chi connectivity index (χ3n) is 5.70. The zero-order valence-corrected chi connectivity index (χ0v) is 17.0. The van der Waals surface area contributed by atoms with Crippen LogP contribution in [0.15, 0.2) is 42.5 Å². The van der Waals surface area contributed by atoms with Gasteiger partial charge < -0.3 is 15.5 Å². The Morgan fingerprint density at radius 3 is 2.57 bits per heavy atom. The molecule has 3 N–H and O–H groups in total. The summed E-state index contributed by atoms with van der Waals surface area (Å²) in [4.78, 5) is 38.2. The van der Waals surface area contributed by atoms with E-state index >= 15 is 0 Å². The summed E-state index contributed by atoms with van der Waals surface area (Å²) < 4.78 is 0. The number of carbonyl (C=O) groups is 3. The van der Waals surface area contributed by atoms with Crippen LogP contribution in [0.1, 0.15) is 45.5 Å². The van der Waals surface area contributed by atoms with Crippen LogP contribution in [0.2, 0.25) is 0 Å². The lowest BCUT2D eigenvalue weighted by molar-refractivity contribution is -0.136. The van der Waals surface area contributed by atoms with Crippen LogP contribution in [0, 0.1) is 0 Å². The maximum atomic E-state index is 12.9. The van der Waals surface area contributed by atoms with Gasteiger partial charge in [0.2, 0.25) is 11.8 Å². The minimum atomic E-state index is -0.585. The molecule has 0 saturated carbocycles. The van der Waals surface area contributed by atoms with Crippen molar-refractivity contribution in [3.63, 3.8) is 0 Å². The molecule has 7 heteroatoms. The van der Waals surface area contributed by atoms with Crippen molar-refractivity contribution >= 4 is 17.7 Å². The molecular weight excluding hydrogens is 380 g/mol. The van der Waals surface area contributed by atoms with Gasteiger partial charge in [-0.25, -0.2) is 0 Å². The molecule has 1 unspecified atom stereocenters. The van der Waals surface area contributed by atoms with Crippen molar-refractivity contribution < 1.29 is 14.4 Å². The topological polar surface area (TPSA) is 90.5 Å². The molecule has 0 aliphatic carbocycles. The number of imide groups is 1. The standard InChI is InChI=1S/C23H26N4O3/c1-24-11-15-4-2-5-16(10-15)12-25-13-17-6-3-7-18-19(17)14-27(23(18)30)20-8-9-21(28)26-22(20)29/h2-7,10,20,24-25H,8-9,11-14H2,1H3,(H,26,28,29). The Balaban J connectivity index is 1.43. The van der Waals surface area contributed by atoms with Gasteiger partial charge in [0.25, 0.3) is 5.91 Å². The van der Waals surface area contributed by atoms with E-state index < -0.39 is 6.04 Å². The molecule has 156 valence electrons. The van der Waals surface area contributed by atoms with Crippen LogP contribution in [0.25, 0.3) is 0 Å². The average molecular weight is 406 g/mol. The van der Waals surface area contributed by atoms with E-state index in [1.54, 1.807) is 4.90 Å². The molecule has 1 saturated heterocycles. The van der Waals surface area contributed by atoms with Crippen molar-refractivity contribution in [1.29, 1.82) is 0 Å². The Bertz CT molecular complexity index is 988. The van der Waals surface area contributed by atoms with Crippen molar-refractivity contribution in [3.05, 3.63) is 70.3 Å². The Kier molecular flexibility index (Phi) is 5.92. The summed E-state index contributed by atoms with van der Waals surface area (Å²) >= 11 is 0. The summed E-state index contributed by atoms with van der Waals surface area (Å²) in [6.07, 6.45) is 0.637. The van der Waals surface area contributed by atoms with E-state index in [4.69, 9.17) is 0 Å². The minimum absolute atomic E-state index is 0.138. The molecule has 7 nitrogen and oxygen atoms in total. The molecule has 0 radical (unpaired) electrons. The van der Waals surface area contributed by atoms with Crippen molar-refractivity contribution in [2.75, 3.05) is 7.05 Å². The fourth-order valence-corrected chi connectivity index (χ4v) is 4.21. The highest BCUT2D eigenvalue weighted by molar-refractivity contribution is 6.05. The molecule has 0 aromatic heterocycles. The normalized spacial score (nSPS) is 18.5. The molecule has 1 atom stereocenters. The average Bonchev–Trinajstić information content (AvgIpc) is 3.06. The number of fused-ring (bicyclic) bond motifs is 1. The highest BCUT2D eigenvalue weighted by Crippen LogP contribution is 2.29. The van der Waals surface area contributed by atoms with Crippen LogP contribution < -0.4 is 16.0 Å². The number of amides is 3. The first-order chi connectivity index (χ1) is 14.6. The summed E-state index contributed by atoms with van der Waals surface area (Å²) in [5.41, 5.74) is 5.11.